The van der Waals surface area contributed by atoms with Crippen molar-refractivity contribution in [3.05, 3.63) is 24.0 Å². The van der Waals surface area contributed by atoms with Gasteiger partial charge in [0, 0.05) is 25.5 Å². The average molecular weight is 292 g/mol. The third kappa shape index (κ3) is 3.85. The first-order chi connectivity index (χ1) is 9.95. The van der Waals surface area contributed by atoms with Crippen molar-refractivity contribution >= 4 is 34.8 Å². The summed E-state index contributed by atoms with van der Waals surface area (Å²) in [5.41, 5.74) is 2.68. The lowest BCUT2D eigenvalue weighted by molar-refractivity contribution is -0.121. The molecule has 0 radical (unpaired) electrons. The van der Waals surface area contributed by atoms with Crippen molar-refractivity contribution < 1.29 is 18.8 Å². The minimum atomic E-state index is -0.606. The van der Waals surface area contributed by atoms with Crippen LogP contribution in [0.4, 0.5) is 15.8 Å². The monoisotopic (exact) mass is 292 g/mol. The van der Waals surface area contributed by atoms with E-state index in [1.165, 1.54) is 19.1 Å². The van der Waals surface area contributed by atoms with Gasteiger partial charge in [-0.15, -0.1) is 0 Å². The van der Waals surface area contributed by atoms with Crippen molar-refractivity contribution in [1.82, 2.24) is 5.43 Å². The van der Waals surface area contributed by atoms with Gasteiger partial charge in [0.2, 0.25) is 11.8 Å². The number of benzene rings is 1. The standard InChI is InChI=1S/C13H13FN4O3/c1-7(19)15-11-6-8(2-3-9(11)14)16-13(21)10-4-5-12(20)18-17-10/h2-3,6H,4-5H2,1H3,(H,15,19)(H,16,21)(H,18,20). The molecule has 110 valence electrons. The van der Waals surface area contributed by atoms with Crippen molar-refractivity contribution in [2.45, 2.75) is 19.8 Å². The molecule has 7 nitrogen and oxygen atoms in total. The largest absolute Gasteiger partial charge is 0.324 e. The number of hydrogen-bond acceptors (Lipinski definition) is 4. The highest BCUT2D eigenvalue weighted by atomic mass is 19.1. The first-order valence-corrected chi connectivity index (χ1v) is 6.19. The van der Waals surface area contributed by atoms with E-state index < -0.39 is 17.6 Å². The number of carbonyl (C=O) groups is 3. The number of carbonyl (C=O) groups excluding carboxylic acids is 3. The zero-order chi connectivity index (χ0) is 15.4. The second-order valence-corrected chi connectivity index (χ2v) is 4.42. The average Bonchev–Trinajstić information content (AvgIpc) is 2.42. The number of halogens is 1. The minimum absolute atomic E-state index is 0.0285. The zero-order valence-corrected chi connectivity index (χ0v) is 11.2. The summed E-state index contributed by atoms with van der Waals surface area (Å²) < 4.78 is 13.5. The number of anilines is 2. The van der Waals surface area contributed by atoms with E-state index in [1.807, 2.05) is 0 Å². The minimum Gasteiger partial charge on any atom is -0.324 e. The van der Waals surface area contributed by atoms with Crippen LogP contribution in [0.5, 0.6) is 0 Å². The zero-order valence-electron chi connectivity index (χ0n) is 11.2. The fourth-order valence-electron chi connectivity index (χ4n) is 1.73. The Morgan fingerprint density at radius 3 is 2.67 bits per heavy atom. The number of nitrogens with zero attached hydrogens (tertiary/aromatic N) is 1. The van der Waals surface area contributed by atoms with E-state index in [9.17, 15) is 18.8 Å². The second kappa shape index (κ2) is 6.12. The van der Waals surface area contributed by atoms with Gasteiger partial charge in [-0.2, -0.15) is 5.10 Å². The van der Waals surface area contributed by atoms with Crippen LogP contribution in [0.1, 0.15) is 19.8 Å². The summed E-state index contributed by atoms with van der Waals surface area (Å²) in [7, 11) is 0. The first-order valence-electron chi connectivity index (χ1n) is 6.19. The normalized spacial score (nSPS) is 14.0. The number of nitrogens with one attached hydrogen (secondary N) is 3. The second-order valence-electron chi connectivity index (χ2n) is 4.42. The first kappa shape index (κ1) is 14.6. The quantitative estimate of drug-likeness (QED) is 0.774. The molecule has 8 heteroatoms. The summed E-state index contributed by atoms with van der Waals surface area (Å²) in [4.78, 5) is 33.8. The highest BCUT2D eigenvalue weighted by Crippen LogP contribution is 2.20. The van der Waals surface area contributed by atoms with E-state index in [4.69, 9.17) is 0 Å². The Kier molecular flexibility index (Phi) is 4.27. The molecule has 1 aliphatic heterocycles. The maximum atomic E-state index is 13.5. The predicted octanol–water partition coefficient (Wildman–Crippen LogP) is 0.989. The van der Waals surface area contributed by atoms with E-state index in [1.54, 1.807) is 0 Å². The third-order valence-corrected chi connectivity index (χ3v) is 2.70. The molecule has 0 saturated heterocycles. The summed E-state index contributed by atoms with van der Waals surface area (Å²) in [6, 6.07) is 3.79. The van der Waals surface area contributed by atoms with E-state index in [-0.39, 0.29) is 30.1 Å². The lowest BCUT2D eigenvalue weighted by Crippen LogP contribution is -2.32. The molecule has 3 amide bonds. The molecule has 0 fully saturated rings. The van der Waals surface area contributed by atoms with Crippen LogP contribution in [0.15, 0.2) is 23.3 Å². The molecule has 21 heavy (non-hydrogen) atoms. The van der Waals surface area contributed by atoms with E-state index in [2.05, 4.69) is 21.2 Å². The van der Waals surface area contributed by atoms with Crippen LogP contribution in [-0.4, -0.2) is 23.4 Å². The van der Waals surface area contributed by atoms with Gasteiger partial charge in [-0.3, -0.25) is 14.4 Å². The predicted molar refractivity (Wildman–Crippen MR) is 74.1 cm³/mol. The van der Waals surface area contributed by atoms with Crippen LogP contribution in [-0.2, 0) is 14.4 Å². The molecule has 0 spiro atoms. The lowest BCUT2D eigenvalue weighted by Gasteiger charge is -2.13. The van der Waals surface area contributed by atoms with Gasteiger partial charge in [0.25, 0.3) is 5.91 Å². The summed E-state index contributed by atoms with van der Waals surface area (Å²) >= 11 is 0. The molecule has 0 unspecified atom stereocenters. The van der Waals surface area contributed by atoms with Gasteiger partial charge in [0.1, 0.15) is 11.5 Å². The molecule has 0 atom stereocenters. The van der Waals surface area contributed by atoms with Gasteiger partial charge in [0.15, 0.2) is 0 Å². The molecule has 0 bridgehead atoms. The molecule has 0 saturated carbocycles. The number of hydrazone groups is 1. The van der Waals surface area contributed by atoms with Crippen LogP contribution in [0, 0.1) is 5.82 Å². The molecular formula is C13H13FN4O3. The number of rotatable bonds is 3. The molecule has 1 aliphatic rings. The van der Waals surface area contributed by atoms with Crippen LogP contribution in [0.25, 0.3) is 0 Å². The van der Waals surface area contributed by atoms with Crippen LogP contribution in [0.2, 0.25) is 0 Å². The summed E-state index contributed by atoms with van der Waals surface area (Å²) in [5.74, 6) is -1.76. The maximum Gasteiger partial charge on any atom is 0.271 e. The number of amides is 3. The van der Waals surface area contributed by atoms with Crippen molar-refractivity contribution in [1.29, 1.82) is 0 Å². The van der Waals surface area contributed by atoms with E-state index in [0.717, 1.165) is 6.07 Å². The van der Waals surface area contributed by atoms with Gasteiger partial charge in [-0.1, -0.05) is 0 Å². The Hall–Kier alpha value is -2.77. The van der Waals surface area contributed by atoms with Crippen LogP contribution < -0.4 is 16.1 Å². The molecule has 2 rings (SSSR count). The Balaban J connectivity index is 2.10. The lowest BCUT2D eigenvalue weighted by atomic mass is 10.1. The van der Waals surface area contributed by atoms with Gasteiger partial charge < -0.3 is 10.6 Å². The Labute approximate surface area is 119 Å². The topological polar surface area (TPSA) is 99.7 Å². The van der Waals surface area contributed by atoms with Crippen molar-refractivity contribution in [3.8, 4) is 0 Å². The van der Waals surface area contributed by atoms with Gasteiger partial charge in [-0.05, 0) is 18.2 Å². The van der Waals surface area contributed by atoms with Crippen molar-refractivity contribution in [2.75, 3.05) is 10.6 Å². The molecular weight excluding hydrogens is 279 g/mol. The van der Waals surface area contributed by atoms with Crippen LogP contribution >= 0.6 is 0 Å². The Bertz CT molecular complexity index is 642. The fourth-order valence-corrected chi connectivity index (χ4v) is 1.73. The molecule has 1 aromatic carbocycles. The van der Waals surface area contributed by atoms with Gasteiger partial charge >= 0.3 is 0 Å². The van der Waals surface area contributed by atoms with Crippen LogP contribution in [0.3, 0.4) is 0 Å². The highest BCUT2D eigenvalue weighted by molar-refractivity contribution is 6.43. The fraction of sp³-hybridized carbons (Fsp3) is 0.231. The van der Waals surface area contributed by atoms with E-state index in [0.29, 0.717) is 5.69 Å². The highest BCUT2D eigenvalue weighted by Gasteiger charge is 2.18. The van der Waals surface area contributed by atoms with Crippen molar-refractivity contribution in [2.24, 2.45) is 5.10 Å². The smallest absolute Gasteiger partial charge is 0.271 e. The summed E-state index contributed by atoms with van der Waals surface area (Å²) in [5, 5.41) is 8.50. The molecule has 0 aliphatic carbocycles. The summed E-state index contributed by atoms with van der Waals surface area (Å²) in [6.07, 6.45) is 0.421. The maximum absolute atomic E-state index is 13.5. The SMILES string of the molecule is CC(=O)Nc1cc(NC(=O)C2=NNC(=O)CC2)ccc1F. The third-order valence-electron chi connectivity index (χ3n) is 2.70. The molecule has 1 heterocycles. The Morgan fingerprint density at radius 2 is 2.05 bits per heavy atom. The summed E-state index contributed by atoms with van der Waals surface area (Å²) in [6.45, 7) is 1.25. The molecule has 1 aromatic rings. The molecule has 0 aromatic heterocycles. The Morgan fingerprint density at radius 1 is 1.29 bits per heavy atom. The molecule has 3 N–H and O–H groups in total. The number of hydrogen-bond donors (Lipinski definition) is 3. The van der Waals surface area contributed by atoms with Gasteiger partial charge in [0.05, 0.1) is 5.69 Å². The van der Waals surface area contributed by atoms with E-state index >= 15 is 0 Å². The van der Waals surface area contributed by atoms with Gasteiger partial charge in [-0.25, -0.2) is 9.82 Å². The van der Waals surface area contributed by atoms with Crippen molar-refractivity contribution in [3.63, 3.8) is 0 Å².